The van der Waals surface area contributed by atoms with Crippen LogP contribution in [0.4, 0.5) is 0 Å². The standard InChI is InChI=1S/C43H74O5/c1-3-5-7-9-11-13-15-17-19-21-23-25-27-29-31-33-35-37-42(45)47-39-41(44)40-48-43(46)38-36-34-32-30-28-26-24-22-20-18-16-14-12-10-8-6-4-2/h11,13,17-20,24,26,30,32,41,44H,3-10,12,14-16,21-23,25,27-29,31,33-40H2,1-2H3/b13-11-,19-17-,20-18-,26-24-,32-30-/t41-/m0/s1. The van der Waals surface area contributed by atoms with E-state index in [1.165, 1.54) is 96.3 Å². The second kappa shape index (κ2) is 39.0. The van der Waals surface area contributed by atoms with Crippen LogP contribution in [0.15, 0.2) is 60.8 Å². The highest BCUT2D eigenvalue weighted by Crippen LogP contribution is 2.11. The van der Waals surface area contributed by atoms with Gasteiger partial charge in [-0.1, -0.05) is 152 Å². The van der Waals surface area contributed by atoms with E-state index >= 15 is 0 Å². The van der Waals surface area contributed by atoms with E-state index in [4.69, 9.17) is 9.47 Å². The molecule has 0 unspecified atom stereocenters. The third-order valence-corrected chi connectivity index (χ3v) is 8.23. The molecule has 0 aliphatic heterocycles. The molecular weight excluding hydrogens is 596 g/mol. The predicted octanol–water partition coefficient (Wildman–Crippen LogP) is 12.4. The molecule has 0 radical (unpaired) electrons. The first-order valence-corrected chi connectivity index (χ1v) is 19.8. The van der Waals surface area contributed by atoms with Crippen LogP contribution in [0.2, 0.25) is 0 Å². The molecule has 0 saturated carbocycles. The predicted molar refractivity (Wildman–Crippen MR) is 205 cm³/mol. The zero-order chi connectivity index (χ0) is 35.0. The second-order valence-electron chi connectivity index (χ2n) is 13.0. The Hall–Kier alpha value is -2.40. The molecule has 0 aromatic heterocycles. The first kappa shape index (κ1) is 45.6. The van der Waals surface area contributed by atoms with Gasteiger partial charge in [0.25, 0.3) is 0 Å². The molecular formula is C43H74O5. The summed E-state index contributed by atoms with van der Waals surface area (Å²) in [7, 11) is 0. The van der Waals surface area contributed by atoms with Crippen molar-refractivity contribution in [2.45, 2.75) is 187 Å². The van der Waals surface area contributed by atoms with Gasteiger partial charge in [-0.25, -0.2) is 0 Å². The lowest BCUT2D eigenvalue weighted by atomic mass is 10.1. The minimum absolute atomic E-state index is 0.138. The Kier molecular flexibility index (Phi) is 37.1. The summed E-state index contributed by atoms with van der Waals surface area (Å²) in [6.07, 6.45) is 49.9. The summed E-state index contributed by atoms with van der Waals surface area (Å²) in [6, 6.07) is 0. The molecule has 0 aliphatic rings. The van der Waals surface area contributed by atoms with Crippen LogP contribution in [-0.2, 0) is 19.1 Å². The molecule has 0 saturated heterocycles. The summed E-state index contributed by atoms with van der Waals surface area (Å²) < 4.78 is 10.3. The molecule has 0 bridgehead atoms. The summed E-state index contributed by atoms with van der Waals surface area (Å²) in [5.74, 6) is -0.636. The number of unbranched alkanes of at least 4 members (excludes halogenated alkanes) is 17. The first-order chi connectivity index (χ1) is 23.6. The Balaban J connectivity index is 3.54. The number of carbonyl (C=O) groups excluding carboxylic acids is 2. The van der Waals surface area contributed by atoms with Crippen molar-refractivity contribution in [1.29, 1.82) is 0 Å². The first-order valence-electron chi connectivity index (χ1n) is 19.8. The SMILES string of the molecule is CCCCC/C=C\C/C=C\CCCCCCCCCC(=O)OC[C@H](O)COC(=O)CCC/C=C\C/C=C\C/C=C\CCCCCCCC. The van der Waals surface area contributed by atoms with Gasteiger partial charge in [-0.2, -0.15) is 0 Å². The minimum atomic E-state index is -0.989. The van der Waals surface area contributed by atoms with Crippen molar-refractivity contribution in [3.8, 4) is 0 Å². The number of ether oxygens (including phenoxy) is 2. The number of aliphatic hydroxyl groups excluding tert-OH is 1. The highest BCUT2D eigenvalue weighted by Gasteiger charge is 2.12. The fourth-order valence-corrected chi connectivity index (χ4v) is 5.19. The smallest absolute Gasteiger partial charge is 0.305 e. The van der Waals surface area contributed by atoms with Crippen LogP contribution in [0.5, 0.6) is 0 Å². The quantitative estimate of drug-likeness (QED) is 0.0413. The van der Waals surface area contributed by atoms with Crippen molar-refractivity contribution in [3.63, 3.8) is 0 Å². The van der Waals surface area contributed by atoms with E-state index in [-0.39, 0.29) is 25.2 Å². The fraction of sp³-hybridized carbons (Fsp3) is 0.721. The molecule has 1 N–H and O–H groups in total. The van der Waals surface area contributed by atoms with Crippen LogP contribution in [0.3, 0.4) is 0 Å². The van der Waals surface area contributed by atoms with Crippen molar-refractivity contribution >= 4 is 11.9 Å². The van der Waals surface area contributed by atoms with Crippen molar-refractivity contribution in [2.75, 3.05) is 13.2 Å². The van der Waals surface area contributed by atoms with E-state index in [1.54, 1.807) is 0 Å². The van der Waals surface area contributed by atoms with Gasteiger partial charge in [0.15, 0.2) is 0 Å². The number of hydrogen-bond donors (Lipinski definition) is 1. The van der Waals surface area contributed by atoms with Gasteiger partial charge in [0.1, 0.15) is 19.3 Å². The minimum Gasteiger partial charge on any atom is -0.463 e. The zero-order valence-electron chi connectivity index (χ0n) is 31.2. The molecule has 0 fully saturated rings. The second-order valence-corrected chi connectivity index (χ2v) is 13.0. The van der Waals surface area contributed by atoms with Crippen molar-refractivity contribution < 1.29 is 24.2 Å². The molecule has 0 aromatic rings. The maximum Gasteiger partial charge on any atom is 0.305 e. The number of hydrogen-bond acceptors (Lipinski definition) is 5. The zero-order valence-corrected chi connectivity index (χ0v) is 31.2. The maximum atomic E-state index is 12.0. The highest BCUT2D eigenvalue weighted by molar-refractivity contribution is 5.69. The summed E-state index contributed by atoms with van der Waals surface area (Å²) in [5.41, 5.74) is 0. The van der Waals surface area contributed by atoms with Gasteiger partial charge in [-0.05, 0) is 77.0 Å². The van der Waals surface area contributed by atoms with Crippen LogP contribution >= 0.6 is 0 Å². The Morgan fingerprint density at radius 2 is 0.750 bits per heavy atom. The average Bonchev–Trinajstić information content (AvgIpc) is 3.09. The number of allylic oxidation sites excluding steroid dienone is 10. The molecule has 5 heteroatoms. The summed E-state index contributed by atoms with van der Waals surface area (Å²) in [5, 5.41) is 10.0. The van der Waals surface area contributed by atoms with E-state index in [2.05, 4.69) is 74.6 Å². The van der Waals surface area contributed by atoms with Crippen molar-refractivity contribution in [2.24, 2.45) is 0 Å². The number of aliphatic hydroxyl groups is 1. The summed E-state index contributed by atoms with van der Waals surface area (Å²) >= 11 is 0. The van der Waals surface area contributed by atoms with Crippen molar-refractivity contribution in [1.82, 2.24) is 0 Å². The average molecular weight is 671 g/mol. The van der Waals surface area contributed by atoms with Gasteiger partial charge in [0, 0.05) is 12.8 Å². The van der Waals surface area contributed by atoms with E-state index < -0.39 is 6.10 Å². The normalized spacial score (nSPS) is 12.8. The molecule has 0 spiro atoms. The van der Waals surface area contributed by atoms with Crippen molar-refractivity contribution in [3.05, 3.63) is 60.8 Å². The Morgan fingerprint density at radius 3 is 1.21 bits per heavy atom. The van der Waals surface area contributed by atoms with E-state index in [0.29, 0.717) is 19.3 Å². The van der Waals surface area contributed by atoms with Gasteiger partial charge in [-0.3, -0.25) is 9.59 Å². The summed E-state index contributed by atoms with van der Waals surface area (Å²) in [4.78, 5) is 23.9. The lowest BCUT2D eigenvalue weighted by Crippen LogP contribution is -2.25. The van der Waals surface area contributed by atoms with Gasteiger partial charge >= 0.3 is 11.9 Å². The van der Waals surface area contributed by atoms with Crippen LogP contribution in [-0.4, -0.2) is 36.4 Å². The topological polar surface area (TPSA) is 72.8 Å². The number of rotatable bonds is 35. The molecule has 0 rings (SSSR count). The molecule has 1 atom stereocenters. The molecule has 5 nitrogen and oxygen atoms in total. The molecule has 0 amide bonds. The fourth-order valence-electron chi connectivity index (χ4n) is 5.19. The van der Waals surface area contributed by atoms with Gasteiger partial charge < -0.3 is 14.6 Å². The monoisotopic (exact) mass is 671 g/mol. The van der Waals surface area contributed by atoms with Gasteiger partial charge in [0.2, 0.25) is 0 Å². The lowest BCUT2D eigenvalue weighted by Gasteiger charge is -2.12. The van der Waals surface area contributed by atoms with E-state index in [0.717, 1.165) is 51.4 Å². The molecule has 276 valence electrons. The molecule has 0 aromatic carbocycles. The van der Waals surface area contributed by atoms with Crippen LogP contribution in [0.1, 0.15) is 181 Å². The van der Waals surface area contributed by atoms with Crippen LogP contribution in [0.25, 0.3) is 0 Å². The Morgan fingerprint density at radius 1 is 0.438 bits per heavy atom. The summed E-state index contributed by atoms with van der Waals surface area (Å²) in [6.45, 7) is 4.21. The maximum absolute atomic E-state index is 12.0. The third-order valence-electron chi connectivity index (χ3n) is 8.23. The highest BCUT2D eigenvalue weighted by atomic mass is 16.6. The van der Waals surface area contributed by atoms with Gasteiger partial charge in [-0.15, -0.1) is 0 Å². The van der Waals surface area contributed by atoms with Crippen LogP contribution < -0.4 is 0 Å². The molecule has 0 heterocycles. The molecule has 48 heavy (non-hydrogen) atoms. The van der Waals surface area contributed by atoms with E-state index in [9.17, 15) is 14.7 Å². The number of esters is 2. The van der Waals surface area contributed by atoms with Crippen LogP contribution in [0, 0.1) is 0 Å². The largest absolute Gasteiger partial charge is 0.463 e. The van der Waals surface area contributed by atoms with E-state index in [1.807, 2.05) is 0 Å². The molecule has 0 aliphatic carbocycles. The number of carbonyl (C=O) groups is 2. The lowest BCUT2D eigenvalue weighted by molar-refractivity contribution is -0.152. The third kappa shape index (κ3) is 38.1. The van der Waals surface area contributed by atoms with Gasteiger partial charge in [0.05, 0.1) is 0 Å². The Bertz CT molecular complexity index is 853. The Labute approximate surface area is 296 Å².